The first-order valence-electron chi connectivity index (χ1n) is 10.0. The van der Waals surface area contributed by atoms with E-state index >= 15 is 0 Å². The van der Waals surface area contributed by atoms with Gasteiger partial charge in [0, 0.05) is 16.0 Å². The lowest BCUT2D eigenvalue weighted by atomic mass is 9.72. The Morgan fingerprint density at radius 2 is 1.94 bits per heavy atom. The summed E-state index contributed by atoms with van der Waals surface area (Å²) in [5.41, 5.74) is 8.22. The SMILES string of the molecule is CC(C)(C)C1CCc2c(sc(NC(=S)NC(=O)/C=C/c3ccc(Cl)cc3)c2C(N)=O)C1. The van der Waals surface area contributed by atoms with E-state index in [1.165, 1.54) is 22.3 Å². The third kappa shape index (κ3) is 5.93. The van der Waals surface area contributed by atoms with Crippen molar-refractivity contribution in [1.82, 2.24) is 5.32 Å². The Morgan fingerprint density at radius 3 is 2.55 bits per heavy atom. The summed E-state index contributed by atoms with van der Waals surface area (Å²) in [6.45, 7) is 6.73. The predicted molar refractivity (Wildman–Crippen MR) is 133 cm³/mol. The molecule has 0 saturated heterocycles. The number of rotatable bonds is 4. The highest BCUT2D eigenvalue weighted by molar-refractivity contribution is 7.80. The van der Waals surface area contributed by atoms with Crippen molar-refractivity contribution in [3.8, 4) is 0 Å². The second-order valence-corrected chi connectivity index (χ2v) is 10.7. The molecule has 0 spiro atoms. The van der Waals surface area contributed by atoms with Gasteiger partial charge < -0.3 is 11.1 Å². The molecule has 1 aliphatic rings. The van der Waals surface area contributed by atoms with Crippen LogP contribution in [-0.4, -0.2) is 16.9 Å². The maximum atomic E-state index is 12.2. The molecule has 1 atom stereocenters. The second kappa shape index (κ2) is 9.51. The largest absolute Gasteiger partial charge is 0.365 e. The molecule has 0 radical (unpaired) electrons. The summed E-state index contributed by atoms with van der Waals surface area (Å²) in [4.78, 5) is 25.5. The quantitative estimate of drug-likeness (QED) is 0.420. The summed E-state index contributed by atoms with van der Waals surface area (Å²) in [5, 5.41) is 6.97. The van der Waals surface area contributed by atoms with Gasteiger partial charge in [-0.25, -0.2) is 0 Å². The van der Waals surface area contributed by atoms with E-state index in [9.17, 15) is 9.59 Å². The molecule has 2 aromatic rings. The summed E-state index contributed by atoms with van der Waals surface area (Å²) < 4.78 is 0. The third-order valence-electron chi connectivity index (χ3n) is 5.50. The van der Waals surface area contributed by atoms with Crippen molar-refractivity contribution in [1.29, 1.82) is 0 Å². The zero-order valence-electron chi connectivity index (χ0n) is 17.8. The van der Waals surface area contributed by atoms with Crippen molar-refractivity contribution in [3.05, 3.63) is 56.9 Å². The molecule has 1 aliphatic carbocycles. The van der Waals surface area contributed by atoms with E-state index in [0.29, 0.717) is 21.5 Å². The number of amides is 2. The van der Waals surface area contributed by atoms with Gasteiger partial charge in [0.15, 0.2) is 5.11 Å². The van der Waals surface area contributed by atoms with Gasteiger partial charge >= 0.3 is 0 Å². The number of fused-ring (bicyclic) bond motifs is 1. The van der Waals surface area contributed by atoms with Crippen molar-refractivity contribution in [2.75, 3.05) is 5.32 Å². The Labute approximate surface area is 197 Å². The van der Waals surface area contributed by atoms with Crippen LogP contribution in [0.15, 0.2) is 30.3 Å². The number of thiocarbonyl (C=S) groups is 1. The van der Waals surface area contributed by atoms with Crippen molar-refractivity contribution in [2.24, 2.45) is 17.1 Å². The van der Waals surface area contributed by atoms with Crippen molar-refractivity contribution < 1.29 is 9.59 Å². The number of halogens is 1. The van der Waals surface area contributed by atoms with Gasteiger partial charge in [0.25, 0.3) is 5.91 Å². The van der Waals surface area contributed by atoms with Crippen LogP contribution >= 0.6 is 35.2 Å². The highest BCUT2D eigenvalue weighted by Crippen LogP contribution is 2.44. The molecular formula is C23H26ClN3O2S2. The van der Waals surface area contributed by atoms with Crippen LogP contribution in [0.1, 0.15) is 53.6 Å². The highest BCUT2D eigenvalue weighted by Gasteiger charge is 2.33. The Morgan fingerprint density at radius 1 is 1.26 bits per heavy atom. The van der Waals surface area contributed by atoms with Gasteiger partial charge in [-0.15, -0.1) is 11.3 Å². The standard InChI is InChI=1S/C23H26ClN3O2S2/c1-23(2,3)14-7-10-16-17(12-14)31-21(19(16)20(25)29)27-22(30)26-18(28)11-6-13-4-8-15(24)9-5-13/h4-6,8-9,11,14H,7,10,12H2,1-3H3,(H2,25,29)(H2,26,27,28,30)/b11-6+. The zero-order chi connectivity index (χ0) is 22.8. The number of carbonyl (C=O) groups is 2. The van der Waals surface area contributed by atoms with Crippen LogP contribution in [-0.2, 0) is 17.6 Å². The van der Waals surface area contributed by atoms with E-state index in [1.54, 1.807) is 18.2 Å². The molecule has 0 bridgehead atoms. The molecule has 0 fully saturated rings. The molecule has 1 unspecified atom stereocenters. The molecule has 1 heterocycles. The lowest BCUT2D eigenvalue weighted by Gasteiger charge is -2.33. The molecule has 2 amide bonds. The maximum absolute atomic E-state index is 12.2. The van der Waals surface area contributed by atoms with Crippen molar-refractivity contribution >= 4 is 63.2 Å². The molecule has 0 aliphatic heterocycles. The van der Waals surface area contributed by atoms with E-state index in [4.69, 9.17) is 29.6 Å². The lowest BCUT2D eigenvalue weighted by molar-refractivity contribution is -0.115. The number of hydrogen-bond donors (Lipinski definition) is 3. The van der Waals surface area contributed by atoms with Gasteiger partial charge in [0.05, 0.1) is 5.56 Å². The van der Waals surface area contributed by atoms with Gasteiger partial charge in [-0.3, -0.25) is 14.9 Å². The van der Waals surface area contributed by atoms with Gasteiger partial charge in [-0.2, -0.15) is 0 Å². The number of hydrogen-bond acceptors (Lipinski definition) is 4. The molecule has 4 N–H and O–H groups in total. The summed E-state index contributed by atoms with van der Waals surface area (Å²) in [6.07, 6.45) is 5.80. The van der Waals surface area contributed by atoms with E-state index in [0.717, 1.165) is 30.4 Å². The first-order valence-corrected chi connectivity index (χ1v) is 11.6. The lowest BCUT2D eigenvalue weighted by Crippen LogP contribution is -2.33. The smallest absolute Gasteiger partial charge is 0.251 e. The van der Waals surface area contributed by atoms with Crippen LogP contribution in [0.2, 0.25) is 5.02 Å². The predicted octanol–water partition coefficient (Wildman–Crippen LogP) is 5.18. The fourth-order valence-corrected chi connectivity index (χ4v) is 5.44. The topological polar surface area (TPSA) is 84.2 Å². The van der Waals surface area contributed by atoms with E-state index in [2.05, 4.69) is 31.4 Å². The molecule has 1 aromatic heterocycles. The first-order chi connectivity index (χ1) is 14.5. The van der Waals surface area contributed by atoms with Crippen LogP contribution in [0.3, 0.4) is 0 Å². The number of anilines is 1. The summed E-state index contributed by atoms with van der Waals surface area (Å²) in [7, 11) is 0. The van der Waals surface area contributed by atoms with E-state index in [1.807, 2.05) is 12.1 Å². The first kappa shape index (κ1) is 23.4. The molecule has 164 valence electrons. The Bertz CT molecular complexity index is 1040. The van der Waals surface area contributed by atoms with Crippen LogP contribution in [0, 0.1) is 11.3 Å². The number of thiophene rings is 1. The van der Waals surface area contributed by atoms with Gasteiger partial charge in [-0.1, -0.05) is 44.5 Å². The molecule has 1 aromatic carbocycles. The summed E-state index contributed by atoms with van der Waals surface area (Å²) in [6, 6.07) is 7.12. The molecule has 0 saturated carbocycles. The average molecular weight is 476 g/mol. The number of nitrogens with two attached hydrogens (primary N) is 1. The van der Waals surface area contributed by atoms with Gasteiger partial charge in [-0.05, 0) is 72.1 Å². The molecule has 8 heteroatoms. The average Bonchev–Trinajstić information content (AvgIpc) is 3.03. The Hall–Kier alpha value is -2.22. The van der Waals surface area contributed by atoms with Crippen LogP contribution in [0.4, 0.5) is 5.00 Å². The van der Waals surface area contributed by atoms with Crippen LogP contribution in [0.5, 0.6) is 0 Å². The molecule has 3 rings (SSSR count). The van der Waals surface area contributed by atoms with E-state index < -0.39 is 5.91 Å². The zero-order valence-corrected chi connectivity index (χ0v) is 20.1. The fourth-order valence-electron chi connectivity index (χ4n) is 3.71. The minimum Gasteiger partial charge on any atom is -0.365 e. The second-order valence-electron chi connectivity index (χ2n) is 8.71. The number of primary amides is 1. The highest BCUT2D eigenvalue weighted by atomic mass is 35.5. The summed E-state index contributed by atoms with van der Waals surface area (Å²) >= 11 is 12.6. The monoisotopic (exact) mass is 475 g/mol. The molecular weight excluding hydrogens is 450 g/mol. The number of nitrogens with one attached hydrogen (secondary N) is 2. The number of carbonyl (C=O) groups excluding carboxylic acids is 2. The van der Waals surface area contributed by atoms with Crippen LogP contribution < -0.4 is 16.4 Å². The fraction of sp³-hybridized carbons (Fsp3) is 0.348. The van der Waals surface area contributed by atoms with Crippen molar-refractivity contribution in [2.45, 2.75) is 40.0 Å². The van der Waals surface area contributed by atoms with Gasteiger partial charge in [0.1, 0.15) is 5.00 Å². The Kier molecular flexibility index (Phi) is 7.19. The normalized spacial score (nSPS) is 16.1. The van der Waals surface area contributed by atoms with E-state index in [-0.39, 0.29) is 16.4 Å². The Balaban J connectivity index is 1.69. The minimum absolute atomic E-state index is 0.124. The molecule has 5 nitrogen and oxygen atoms in total. The maximum Gasteiger partial charge on any atom is 0.251 e. The number of benzene rings is 1. The van der Waals surface area contributed by atoms with Crippen molar-refractivity contribution in [3.63, 3.8) is 0 Å². The third-order valence-corrected chi connectivity index (χ3v) is 7.12. The molecule has 31 heavy (non-hydrogen) atoms. The summed E-state index contributed by atoms with van der Waals surface area (Å²) in [5.74, 6) is -0.315. The minimum atomic E-state index is -0.481. The van der Waals surface area contributed by atoms with Crippen LogP contribution in [0.25, 0.3) is 6.08 Å². The van der Waals surface area contributed by atoms with Gasteiger partial charge in [0.2, 0.25) is 5.91 Å².